The monoisotopic (exact) mass is 334 g/mol. The highest BCUT2D eigenvalue weighted by molar-refractivity contribution is 7.86. The SMILES string of the molecule is Cc1ccc(S(=O)(=O)O[C@H](C)Cc2ccc3c(c2)OCO3)cc1. The van der Waals surface area contributed by atoms with Gasteiger partial charge in [-0.1, -0.05) is 23.8 Å². The molecular formula is C17H18O5S. The Bertz CT molecular complexity index is 796. The molecule has 0 aliphatic carbocycles. The molecule has 0 spiro atoms. The van der Waals surface area contributed by atoms with E-state index in [1.807, 2.05) is 25.1 Å². The Kier molecular flexibility index (Phi) is 4.28. The average molecular weight is 334 g/mol. The van der Waals surface area contributed by atoms with Crippen LogP contribution in [0.1, 0.15) is 18.1 Å². The summed E-state index contributed by atoms with van der Waals surface area (Å²) >= 11 is 0. The van der Waals surface area contributed by atoms with Crippen molar-refractivity contribution in [2.75, 3.05) is 6.79 Å². The number of benzene rings is 2. The van der Waals surface area contributed by atoms with Gasteiger partial charge in [-0.3, -0.25) is 4.18 Å². The first-order valence-corrected chi connectivity index (χ1v) is 8.73. The number of hydrogen-bond acceptors (Lipinski definition) is 5. The molecule has 1 aliphatic rings. The second kappa shape index (κ2) is 6.22. The zero-order chi connectivity index (χ0) is 16.4. The average Bonchev–Trinajstić information content (AvgIpc) is 2.94. The van der Waals surface area contributed by atoms with E-state index < -0.39 is 16.2 Å². The molecule has 1 atom stereocenters. The van der Waals surface area contributed by atoms with E-state index >= 15 is 0 Å². The minimum atomic E-state index is -3.76. The van der Waals surface area contributed by atoms with Gasteiger partial charge in [0.2, 0.25) is 6.79 Å². The van der Waals surface area contributed by atoms with E-state index in [0.717, 1.165) is 11.1 Å². The Balaban J connectivity index is 1.69. The molecule has 0 saturated carbocycles. The van der Waals surface area contributed by atoms with Crippen molar-refractivity contribution in [1.29, 1.82) is 0 Å². The lowest BCUT2D eigenvalue weighted by Crippen LogP contribution is -2.18. The quantitative estimate of drug-likeness (QED) is 0.787. The second-order valence-electron chi connectivity index (χ2n) is 5.57. The Morgan fingerprint density at radius 1 is 1.09 bits per heavy atom. The summed E-state index contributed by atoms with van der Waals surface area (Å²) in [7, 11) is -3.76. The van der Waals surface area contributed by atoms with Crippen LogP contribution in [0.5, 0.6) is 11.5 Å². The summed E-state index contributed by atoms with van der Waals surface area (Å²) in [5.41, 5.74) is 1.93. The molecule has 0 bridgehead atoms. The fourth-order valence-corrected chi connectivity index (χ4v) is 3.49. The third-order valence-corrected chi connectivity index (χ3v) is 4.99. The number of rotatable bonds is 5. The van der Waals surface area contributed by atoms with Gasteiger partial charge in [-0.2, -0.15) is 8.42 Å². The molecule has 0 fully saturated rings. The number of hydrogen-bond donors (Lipinski definition) is 0. The first-order valence-electron chi connectivity index (χ1n) is 7.32. The van der Waals surface area contributed by atoms with E-state index in [1.165, 1.54) is 0 Å². The molecule has 2 aromatic rings. The van der Waals surface area contributed by atoms with Gasteiger partial charge in [0.15, 0.2) is 11.5 Å². The molecule has 23 heavy (non-hydrogen) atoms. The molecule has 122 valence electrons. The van der Waals surface area contributed by atoms with Crippen LogP contribution in [0.3, 0.4) is 0 Å². The van der Waals surface area contributed by atoms with Crippen molar-refractivity contribution in [1.82, 2.24) is 0 Å². The summed E-state index contributed by atoms with van der Waals surface area (Å²) in [6.07, 6.45) is -0.0245. The van der Waals surface area contributed by atoms with Crippen LogP contribution in [-0.2, 0) is 20.7 Å². The van der Waals surface area contributed by atoms with Crippen molar-refractivity contribution in [2.24, 2.45) is 0 Å². The van der Waals surface area contributed by atoms with Crippen LogP contribution in [0.15, 0.2) is 47.4 Å². The van der Waals surface area contributed by atoms with Gasteiger partial charge >= 0.3 is 0 Å². The summed E-state index contributed by atoms with van der Waals surface area (Å²) in [6, 6.07) is 12.2. The van der Waals surface area contributed by atoms with E-state index in [0.29, 0.717) is 17.9 Å². The van der Waals surface area contributed by atoms with Gasteiger partial charge < -0.3 is 9.47 Å². The lowest BCUT2D eigenvalue weighted by molar-refractivity contribution is 0.174. The smallest absolute Gasteiger partial charge is 0.297 e. The number of ether oxygens (including phenoxy) is 2. The Morgan fingerprint density at radius 2 is 1.78 bits per heavy atom. The lowest BCUT2D eigenvalue weighted by atomic mass is 10.1. The molecule has 0 unspecified atom stereocenters. The van der Waals surface area contributed by atoms with Crippen LogP contribution in [0.2, 0.25) is 0 Å². The van der Waals surface area contributed by atoms with E-state index in [2.05, 4.69) is 0 Å². The molecule has 0 N–H and O–H groups in total. The molecule has 0 saturated heterocycles. The maximum absolute atomic E-state index is 12.3. The van der Waals surface area contributed by atoms with Crippen LogP contribution in [-0.4, -0.2) is 21.3 Å². The first kappa shape index (κ1) is 15.8. The number of aryl methyl sites for hydroxylation is 1. The molecule has 2 aromatic carbocycles. The van der Waals surface area contributed by atoms with E-state index in [9.17, 15) is 8.42 Å². The Labute approximate surface area is 135 Å². The fraction of sp³-hybridized carbons (Fsp3) is 0.294. The topological polar surface area (TPSA) is 61.8 Å². The zero-order valence-electron chi connectivity index (χ0n) is 13.0. The molecule has 3 rings (SSSR count). The summed E-state index contributed by atoms with van der Waals surface area (Å²) in [6.45, 7) is 3.85. The summed E-state index contributed by atoms with van der Waals surface area (Å²) in [5, 5.41) is 0. The van der Waals surface area contributed by atoms with Crippen LogP contribution < -0.4 is 9.47 Å². The van der Waals surface area contributed by atoms with Gasteiger partial charge in [-0.25, -0.2) is 0 Å². The minimum Gasteiger partial charge on any atom is -0.454 e. The Morgan fingerprint density at radius 3 is 2.52 bits per heavy atom. The van der Waals surface area contributed by atoms with Gasteiger partial charge in [0, 0.05) is 0 Å². The normalized spacial score (nSPS) is 14.7. The maximum Gasteiger partial charge on any atom is 0.297 e. The second-order valence-corrected chi connectivity index (χ2v) is 7.14. The molecule has 1 heterocycles. The van der Waals surface area contributed by atoms with Gasteiger partial charge in [0.05, 0.1) is 11.0 Å². The number of fused-ring (bicyclic) bond motifs is 1. The van der Waals surface area contributed by atoms with Gasteiger partial charge in [0.25, 0.3) is 10.1 Å². The molecule has 0 amide bonds. The van der Waals surface area contributed by atoms with Crippen LogP contribution in [0.25, 0.3) is 0 Å². The molecule has 1 aliphatic heterocycles. The molecule has 0 radical (unpaired) electrons. The van der Waals surface area contributed by atoms with Crippen LogP contribution in [0, 0.1) is 6.92 Å². The van der Waals surface area contributed by atoms with Gasteiger partial charge in [-0.15, -0.1) is 0 Å². The van der Waals surface area contributed by atoms with Crippen molar-refractivity contribution < 1.29 is 22.1 Å². The largest absolute Gasteiger partial charge is 0.454 e. The minimum absolute atomic E-state index is 0.167. The molecule has 5 nitrogen and oxygen atoms in total. The predicted molar refractivity (Wildman–Crippen MR) is 85.2 cm³/mol. The highest BCUT2D eigenvalue weighted by Crippen LogP contribution is 2.33. The van der Waals surface area contributed by atoms with E-state index in [1.54, 1.807) is 31.2 Å². The molecular weight excluding hydrogens is 316 g/mol. The predicted octanol–water partition coefficient (Wildman–Crippen LogP) is 3.06. The maximum atomic E-state index is 12.3. The lowest BCUT2D eigenvalue weighted by Gasteiger charge is -2.13. The zero-order valence-corrected chi connectivity index (χ0v) is 13.8. The van der Waals surface area contributed by atoms with Crippen molar-refractivity contribution in [3.05, 3.63) is 53.6 Å². The van der Waals surface area contributed by atoms with Crippen LogP contribution >= 0.6 is 0 Å². The summed E-state index contributed by atoms with van der Waals surface area (Å²) < 4.78 is 40.4. The van der Waals surface area contributed by atoms with Crippen molar-refractivity contribution in [3.63, 3.8) is 0 Å². The summed E-state index contributed by atoms with van der Waals surface area (Å²) in [4.78, 5) is 0.167. The van der Waals surface area contributed by atoms with Crippen molar-refractivity contribution >= 4 is 10.1 Å². The fourth-order valence-electron chi connectivity index (χ4n) is 2.41. The third-order valence-electron chi connectivity index (χ3n) is 3.56. The van der Waals surface area contributed by atoms with E-state index in [-0.39, 0.29) is 11.7 Å². The van der Waals surface area contributed by atoms with Gasteiger partial charge in [0.1, 0.15) is 0 Å². The standard InChI is InChI=1S/C17H18O5S/c1-12-3-6-15(7-4-12)23(18,19)22-13(2)9-14-5-8-16-17(10-14)21-11-20-16/h3-8,10,13H,9,11H2,1-2H3/t13-/m1/s1. The van der Waals surface area contributed by atoms with Crippen molar-refractivity contribution in [3.8, 4) is 11.5 Å². The van der Waals surface area contributed by atoms with Crippen LogP contribution in [0.4, 0.5) is 0 Å². The first-order chi connectivity index (χ1) is 10.9. The Hall–Kier alpha value is -2.05. The summed E-state index contributed by atoms with van der Waals surface area (Å²) in [5.74, 6) is 1.38. The van der Waals surface area contributed by atoms with Gasteiger partial charge in [-0.05, 0) is 50.1 Å². The van der Waals surface area contributed by atoms with E-state index in [4.69, 9.17) is 13.7 Å². The van der Waals surface area contributed by atoms with Crippen molar-refractivity contribution in [2.45, 2.75) is 31.3 Å². The highest BCUT2D eigenvalue weighted by atomic mass is 32.2. The third kappa shape index (κ3) is 3.65. The molecule has 0 aromatic heterocycles. The highest BCUT2D eigenvalue weighted by Gasteiger charge is 2.20. The molecule has 6 heteroatoms.